The molecule has 3 heterocycles. The summed E-state index contributed by atoms with van der Waals surface area (Å²) in [4.78, 5) is 7.35. The minimum atomic E-state index is 0.588. The van der Waals surface area contributed by atoms with E-state index in [-0.39, 0.29) is 0 Å². The number of pyridine rings is 1. The van der Waals surface area contributed by atoms with E-state index in [1.54, 1.807) is 0 Å². The summed E-state index contributed by atoms with van der Waals surface area (Å²) in [5.74, 6) is 0.673. The molecule has 114 valence electrons. The first-order valence-electron chi connectivity index (χ1n) is 8.07. The van der Waals surface area contributed by atoms with Gasteiger partial charge in [-0.2, -0.15) is 0 Å². The van der Waals surface area contributed by atoms with E-state index in [0.29, 0.717) is 18.0 Å². The molecular formula is C17H26N4. The maximum absolute atomic E-state index is 4.75. The number of rotatable bonds is 4. The van der Waals surface area contributed by atoms with Crippen molar-refractivity contribution in [2.24, 2.45) is 5.92 Å². The fraction of sp³-hybridized carbons (Fsp3) is 0.588. The van der Waals surface area contributed by atoms with Crippen LogP contribution < -0.4 is 5.32 Å². The molecule has 21 heavy (non-hydrogen) atoms. The normalized spacial score (nSPS) is 24.0. The Morgan fingerprint density at radius 1 is 1.38 bits per heavy atom. The molecule has 2 aromatic heterocycles. The van der Waals surface area contributed by atoms with Crippen LogP contribution in [0.25, 0.3) is 5.65 Å². The molecule has 0 bridgehead atoms. The summed E-state index contributed by atoms with van der Waals surface area (Å²) in [6.45, 7) is 10.0. The molecule has 4 nitrogen and oxygen atoms in total. The predicted octanol–water partition coefficient (Wildman–Crippen LogP) is 2.54. The molecule has 4 heteroatoms. The van der Waals surface area contributed by atoms with Gasteiger partial charge in [-0.25, -0.2) is 4.98 Å². The van der Waals surface area contributed by atoms with Gasteiger partial charge in [0.1, 0.15) is 5.65 Å². The lowest BCUT2D eigenvalue weighted by atomic mass is 9.98. The zero-order valence-corrected chi connectivity index (χ0v) is 13.3. The first-order valence-corrected chi connectivity index (χ1v) is 8.07. The van der Waals surface area contributed by atoms with Crippen molar-refractivity contribution in [2.45, 2.75) is 45.8 Å². The van der Waals surface area contributed by atoms with Crippen LogP contribution in [0.4, 0.5) is 0 Å². The van der Waals surface area contributed by atoms with Gasteiger partial charge in [0.25, 0.3) is 0 Å². The molecule has 1 fully saturated rings. The van der Waals surface area contributed by atoms with E-state index in [0.717, 1.165) is 25.3 Å². The molecule has 2 aromatic rings. The number of hydrogen-bond acceptors (Lipinski definition) is 3. The third-order valence-corrected chi connectivity index (χ3v) is 4.62. The van der Waals surface area contributed by atoms with Crippen LogP contribution in [0.2, 0.25) is 0 Å². The highest BCUT2D eigenvalue weighted by Crippen LogP contribution is 2.18. The fourth-order valence-electron chi connectivity index (χ4n) is 3.20. The van der Waals surface area contributed by atoms with Crippen LogP contribution in [0, 0.1) is 5.92 Å². The Kier molecular flexibility index (Phi) is 4.27. The van der Waals surface area contributed by atoms with Crippen molar-refractivity contribution in [1.82, 2.24) is 19.6 Å². The van der Waals surface area contributed by atoms with E-state index in [2.05, 4.69) is 53.8 Å². The van der Waals surface area contributed by atoms with Crippen molar-refractivity contribution in [3.05, 3.63) is 36.3 Å². The Labute approximate surface area is 127 Å². The Morgan fingerprint density at radius 3 is 2.95 bits per heavy atom. The highest BCUT2D eigenvalue weighted by Gasteiger charge is 2.28. The Bertz CT molecular complexity index is 556. The smallest absolute Gasteiger partial charge is 0.137 e. The summed E-state index contributed by atoms with van der Waals surface area (Å²) in [5.41, 5.74) is 2.21. The number of nitrogens with zero attached hydrogens (tertiary/aromatic N) is 3. The van der Waals surface area contributed by atoms with Gasteiger partial charge < -0.3 is 9.72 Å². The van der Waals surface area contributed by atoms with Gasteiger partial charge in [-0.05, 0) is 24.5 Å². The molecule has 0 aromatic carbocycles. The second kappa shape index (κ2) is 6.16. The minimum Gasteiger partial charge on any atom is -0.311 e. The summed E-state index contributed by atoms with van der Waals surface area (Å²) in [7, 11) is 0. The summed E-state index contributed by atoms with van der Waals surface area (Å²) >= 11 is 0. The van der Waals surface area contributed by atoms with Crippen LogP contribution in [0.3, 0.4) is 0 Å². The highest BCUT2D eigenvalue weighted by molar-refractivity contribution is 5.39. The first-order chi connectivity index (χ1) is 10.2. The van der Waals surface area contributed by atoms with Gasteiger partial charge in [-0.15, -0.1) is 0 Å². The lowest BCUT2D eigenvalue weighted by molar-refractivity contribution is 0.102. The maximum atomic E-state index is 4.75. The fourth-order valence-corrected chi connectivity index (χ4v) is 3.20. The summed E-state index contributed by atoms with van der Waals surface area (Å²) in [6, 6.07) is 7.36. The third-order valence-electron chi connectivity index (χ3n) is 4.62. The lowest BCUT2D eigenvalue weighted by Crippen LogP contribution is -2.57. The molecule has 2 atom stereocenters. The summed E-state index contributed by atoms with van der Waals surface area (Å²) < 4.78 is 2.11. The maximum Gasteiger partial charge on any atom is 0.137 e. The van der Waals surface area contributed by atoms with Crippen LogP contribution in [-0.2, 0) is 6.54 Å². The van der Waals surface area contributed by atoms with E-state index in [4.69, 9.17) is 4.98 Å². The molecule has 0 amide bonds. The van der Waals surface area contributed by atoms with Crippen molar-refractivity contribution in [3.8, 4) is 0 Å². The lowest BCUT2D eigenvalue weighted by Gasteiger charge is -2.41. The molecule has 1 aliphatic rings. The van der Waals surface area contributed by atoms with E-state index in [1.807, 2.05) is 12.1 Å². The second-order valence-electron chi connectivity index (χ2n) is 6.45. The molecule has 0 aliphatic carbocycles. The van der Waals surface area contributed by atoms with Gasteiger partial charge >= 0.3 is 0 Å². The number of fused-ring (bicyclic) bond motifs is 1. The van der Waals surface area contributed by atoms with Crippen molar-refractivity contribution in [2.75, 3.05) is 13.1 Å². The van der Waals surface area contributed by atoms with Crippen molar-refractivity contribution < 1.29 is 0 Å². The molecule has 2 unspecified atom stereocenters. The number of nitrogens with one attached hydrogen (secondary N) is 1. The zero-order chi connectivity index (χ0) is 14.8. The van der Waals surface area contributed by atoms with E-state index in [9.17, 15) is 0 Å². The van der Waals surface area contributed by atoms with Crippen molar-refractivity contribution >= 4 is 5.65 Å². The van der Waals surface area contributed by atoms with Gasteiger partial charge in [0, 0.05) is 44.1 Å². The van der Waals surface area contributed by atoms with Crippen LogP contribution >= 0.6 is 0 Å². The molecule has 0 saturated carbocycles. The topological polar surface area (TPSA) is 32.6 Å². The van der Waals surface area contributed by atoms with Crippen LogP contribution in [-0.4, -0.2) is 39.5 Å². The molecule has 1 aliphatic heterocycles. The summed E-state index contributed by atoms with van der Waals surface area (Å²) in [5, 5.41) is 3.69. The Hall–Kier alpha value is -1.39. The molecular weight excluding hydrogens is 260 g/mol. The third kappa shape index (κ3) is 3.11. The molecule has 0 spiro atoms. The largest absolute Gasteiger partial charge is 0.311 e. The number of hydrogen-bond donors (Lipinski definition) is 1. The summed E-state index contributed by atoms with van der Waals surface area (Å²) in [6.07, 6.45) is 5.41. The van der Waals surface area contributed by atoms with Crippen LogP contribution in [0.15, 0.2) is 30.6 Å². The number of piperazine rings is 1. The van der Waals surface area contributed by atoms with E-state index in [1.165, 1.54) is 12.1 Å². The SMILES string of the molecule is CCC1CNC(C(C)C)CN1Cc1cn2ccccc2n1. The minimum absolute atomic E-state index is 0.588. The van der Waals surface area contributed by atoms with Crippen molar-refractivity contribution in [1.29, 1.82) is 0 Å². The number of imidazole rings is 1. The van der Waals surface area contributed by atoms with E-state index < -0.39 is 0 Å². The monoisotopic (exact) mass is 286 g/mol. The van der Waals surface area contributed by atoms with Crippen molar-refractivity contribution in [3.63, 3.8) is 0 Å². The zero-order valence-electron chi connectivity index (χ0n) is 13.3. The second-order valence-corrected chi connectivity index (χ2v) is 6.45. The average molecular weight is 286 g/mol. The van der Waals surface area contributed by atoms with Crippen LogP contribution in [0.5, 0.6) is 0 Å². The highest BCUT2D eigenvalue weighted by atomic mass is 15.2. The first kappa shape index (κ1) is 14.5. The van der Waals surface area contributed by atoms with Gasteiger partial charge in [0.2, 0.25) is 0 Å². The standard InChI is InChI=1S/C17H26N4/c1-4-15-9-18-16(13(2)3)12-21(15)11-14-10-20-8-6-5-7-17(20)19-14/h5-8,10,13,15-16,18H,4,9,11-12H2,1-3H3. The van der Waals surface area contributed by atoms with E-state index >= 15 is 0 Å². The Morgan fingerprint density at radius 2 is 2.24 bits per heavy atom. The number of aromatic nitrogens is 2. The van der Waals surface area contributed by atoms with Crippen LogP contribution in [0.1, 0.15) is 32.9 Å². The Balaban J connectivity index is 1.76. The van der Waals surface area contributed by atoms with Gasteiger partial charge in [-0.3, -0.25) is 4.90 Å². The predicted molar refractivity (Wildman–Crippen MR) is 86.3 cm³/mol. The molecule has 0 radical (unpaired) electrons. The van der Waals surface area contributed by atoms with Gasteiger partial charge in [0.05, 0.1) is 5.69 Å². The van der Waals surface area contributed by atoms with Gasteiger partial charge in [-0.1, -0.05) is 26.8 Å². The molecule has 1 N–H and O–H groups in total. The van der Waals surface area contributed by atoms with Gasteiger partial charge in [0.15, 0.2) is 0 Å². The molecule has 1 saturated heterocycles. The molecule has 3 rings (SSSR count). The average Bonchev–Trinajstić information content (AvgIpc) is 2.89. The quantitative estimate of drug-likeness (QED) is 0.937.